The van der Waals surface area contributed by atoms with Gasteiger partial charge in [-0.2, -0.15) is 0 Å². The molecule has 0 amide bonds. The first-order valence-electron chi connectivity index (χ1n) is 11.0. The lowest BCUT2D eigenvalue weighted by Crippen LogP contribution is -2.32. The van der Waals surface area contributed by atoms with Crippen molar-refractivity contribution < 1.29 is 22.0 Å². The van der Waals surface area contributed by atoms with E-state index in [1.165, 1.54) is 4.90 Å². The van der Waals surface area contributed by atoms with E-state index in [0.29, 0.717) is 12.3 Å². The third-order valence-corrected chi connectivity index (χ3v) is 5.66. The molecule has 2 unspecified atom stereocenters. The van der Waals surface area contributed by atoms with Gasteiger partial charge in [0.1, 0.15) is 5.69 Å². The van der Waals surface area contributed by atoms with Gasteiger partial charge in [-0.1, -0.05) is 72.6 Å². The van der Waals surface area contributed by atoms with Gasteiger partial charge < -0.3 is 4.90 Å². The molecule has 6 heteroatoms. The molecule has 0 saturated heterocycles. The van der Waals surface area contributed by atoms with Crippen LogP contribution >= 0.6 is 0 Å². The fourth-order valence-corrected chi connectivity index (χ4v) is 3.84. The number of hydrogen-bond donors (Lipinski definition) is 0. The lowest BCUT2D eigenvalue weighted by atomic mass is 9.91. The highest BCUT2D eigenvalue weighted by molar-refractivity contribution is 5.50. The molecule has 1 rings (SSSR count). The highest BCUT2D eigenvalue weighted by atomic mass is 19.2. The van der Waals surface area contributed by atoms with Gasteiger partial charge in [0, 0.05) is 13.1 Å². The van der Waals surface area contributed by atoms with Crippen LogP contribution in [-0.4, -0.2) is 13.1 Å². The summed E-state index contributed by atoms with van der Waals surface area (Å²) in [5, 5.41) is 0. The zero-order chi connectivity index (χ0) is 22.0. The van der Waals surface area contributed by atoms with Gasteiger partial charge in [0.15, 0.2) is 23.3 Å². The number of anilines is 1. The van der Waals surface area contributed by atoms with Gasteiger partial charge in [-0.15, -0.1) is 0 Å². The Labute approximate surface area is 172 Å². The van der Waals surface area contributed by atoms with Gasteiger partial charge in [-0.25, -0.2) is 22.0 Å². The van der Waals surface area contributed by atoms with E-state index < -0.39 is 34.8 Å². The third kappa shape index (κ3) is 7.45. The summed E-state index contributed by atoms with van der Waals surface area (Å²) in [4.78, 5) is 1.36. The molecular weight excluding hydrogens is 385 g/mol. The maximum absolute atomic E-state index is 14.4. The molecule has 0 heterocycles. The predicted octanol–water partition coefficient (Wildman–Crippen LogP) is 8.01. The first-order chi connectivity index (χ1) is 13.8. The van der Waals surface area contributed by atoms with Crippen LogP contribution in [0.4, 0.5) is 27.6 Å². The molecule has 1 aromatic carbocycles. The van der Waals surface area contributed by atoms with Gasteiger partial charge in [-0.3, -0.25) is 0 Å². The Hall–Kier alpha value is -1.33. The highest BCUT2D eigenvalue weighted by Gasteiger charge is 2.29. The molecular formula is C23H36F5N. The van der Waals surface area contributed by atoms with E-state index in [9.17, 15) is 22.0 Å². The van der Waals surface area contributed by atoms with Gasteiger partial charge in [0.25, 0.3) is 0 Å². The molecule has 0 radical (unpaired) electrons. The standard InChI is InChI=1S/C23H36F5N/c1-5-8-9-10-14-29(15-16(4)12-13-17(7-3)11-6-2)23-21(27)19(25)18(24)20(26)22(23)28/h16-17H,5-15H2,1-4H3. The molecule has 0 fully saturated rings. The average Bonchev–Trinajstić information content (AvgIpc) is 2.71. The number of unbranched alkanes of at least 4 members (excludes halogenated alkanes) is 3. The summed E-state index contributed by atoms with van der Waals surface area (Å²) in [6.45, 7) is 8.86. The summed E-state index contributed by atoms with van der Waals surface area (Å²) in [5.74, 6) is -8.63. The molecule has 29 heavy (non-hydrogen) atoms. The second kappa shape index (κ2) is 13.1. The smallest absolute Gasteiger partial charge is 0.200 e. The van der Waals surface area contributed by atoms with Crippen LogP contribution in [0.3, 0.4) is 0 Å². The van der Waals surface area contributed by atoms with E-state index in [1.54, 1.807) is 0 Å². The summed E-state index contributed by atoms with van der Waals surface area (Å²) in [7, 11) is 0. The third-order valence-electron chi connectivity index (χ3n) is 5.66. The molecule has 0 aliphatic carbocycles. The minimum Gasteiger partial charge on any atom is -0.366 e. The van der Waals surface area contributed by atoms with Crippen molar-refractivity contribution in [1.29, 1.82) is 0 Å². The number of rotatable bonds is 14. The minimum atomic E-state index is -2.10. The number of hydrogen-bond acceptors (Lipinski definition) is 1. The topological polar surface area (TPSA) is 3.24 Å². The van der Waals surface area contributed by atoms with Crippen molar-refractivity contribution in [2.45, 2.75) is 85.5 Å². The minimum absolute atomic E-state index is 0.0852. The second-order valence-corrected chi connectivity index (χ2v) is 8.17. The first-order valence-corrected chi connectivity index (χ1v) is 11.0. The van der Waals surface area contributed by atoms with Crippen molar-refractivity contribution in [3.8, 4) is 0 Å². The summed E-state index contributed by atoms with van der Waals surface area (Å²) in [6, 6.07) is 0. The Bertz CT molecular complexity index is 591. The Kier molecular flexibility index (Phi) is 11.6. The van der Waals surface area contributed by atoms with Gasteiger partial charge >= 0.3 is 0 Å². The van der Waals surface area contributed by atoms with E-state index in [0.717, 1.165) is 51.4 Å². The fourth-order valence-electron chi connectivity index (χ4n) is 3.84. The lowest BCUT2D eigenvalue weighted by Gasteiger charge is -2.29. The molecule has 1 nitrogen and oxygen atoms in total. The SMILES string of the molecule is CCCCCCN(CC(C)CCC(CC)CCC)c1c(F)c(F)c(F)c(F)c1F. The molecule has 168 valence electrons. The van der Waals surface area contributed by atoms with E-state index in [2.05, 4.69) is 13.8 Å². The van der Waals surface area contributed by atoms with Crippen molar-refractivity contribution in [3.63, 3.8) is 0 Å². The molecule has 1 aromatic rings. The van der Waals surface area contributed by atoms with Crippen LogP contribution in [0.2, 0.25) is 0 Å². The normalized spacial score (nSPS) is 13.6. The van der Waals surface area contributed by atoms with Crippen LogP contribution < -0.4 is 4.90 Å². The predicted molar refractivity (Wildman–Crippen MR) is 110 cm³/mol. The Morgan fingerprint density at radius 2 is 1.28 bits per heavy atom. The van der Waals surface area contributed by atoms with Crippen molar-refractivity contribution in [2.24, 2.45) is 11.8 Å². The Morgan fingerprint density at radius 1 is 0.690 bits per heavy atom. The van der Waals surface area contributed by atoms with E-state index in [-0.39, 0.29) is 19.0 Å². The van der Waals surface area contributed by atoms with Gasteiger partial charge in [0.2, 0.25) is 5.82 Å². The quantitative estimate of drug-likeness (QED) is 0.127. The van der Waals surface area contributed by atoms with Crippen molar-refractivity contribution in [2.75, 3.05) is 18.0 Å². The Balaban J connectivity index is 3.00. The van der Waals surface area contributed by atoms with Crippen LogP contribution in [0.5, 0.6) is 0 Å². The molecule has 0 bridgehead atoms. The molecule has 0 spiro atoms. The Morgan fingerprint density at radius 3 is 1.79 bits per heavy atom. The molecule has 0 aliphatic heterocycles. The van der Waals surface area contributed by atoms with Gasteiger partial charge in [0.05, 0.1) is 0 Å². The summed E-state index contributed by atoms with van der Waals surface area (Å²) < 4.78 is 69.7. The molecule has 0 aromatic heterocycles. The number of nitrogens with zero attached hydrogens (tertiary/aromatic N) is 1. The summed E-state index contributed by atoms with van der Waals surface area (Å²) in [5.41, 5.74) is -0.787. The maximum atomic E-state index is 14.4. The van der Waals surface area contributed by atoms with Crippen LogP contribution in [0.15, 0.2) is 0 Å². The lowest BCUT2D eigenvalue weighted by molar-refractivity contribution is 0.365. The highest BCUT2D eigenvalue weighted by Crippen LogP contribution is 2.32. The van der Waals surface area contributed by atoms with Crippen molar-refractivity contribution >= 4 is 5.69 Å². The monoisotopic (exact) mass is 421 g/mol. The van der Waals surface area contributed by atoms with Crippen molar-refractivity contribution in [1.82, 2.24) is 0 Å². The fraction of sp³-hybridized carbons (Fsp3) is 0.739. The van der Waals surface area contributed by atoms with E-state index in [1.807, 2.05) is 13.8 Å². The largest absolute Gasteiger partial charge is 0.366 e. The van der Waals surface area contributed by atoms with E-state index in [4.69, 9.17) is 0 Å². The summed E-state index contributed by atoms with van der Waals surface area (Å²) in [6.07, 6.45) is 8.66. The number of benzene rings is 1. The maximum Gasteiger partial charge on any atom is 0.200 e. The first kappa shape index (κ1) is 25.7. The second-order valence-electron chi connectivity index (χ2n) is 8.17. The molecule has 2 atom stereocenters. The molecule has 0 saturated carbocycles. The van der Waals surface area contributed by atoms with Crippen LogP contribution in [-0.2, 0) is 0 Å². The number of halogens is 5. The van der Waals surface area contributed by atoms with Crippen LogP contribution in [0.25, 0.3) is 0 Å². The zero-order valence-electron chi connectivity index (χ0n) is 18.3. The molecule has 0 aliphatic rings. The van der Waals surface area contributed by atoms with Gasteiger partial charge in [-0.05, 0) is 24.7 Å². The summed E-state index contributed by atoms with van der Waals surface area (Å²) >= 11 is 0. The van der Waals surface area contributed by atoms with Crippen LogP contribution in [0.1, 0.15) is 85.5 Å². The molecule has 0 N–H and O–H groups in total. The average molecular weight is 422 g/mol. The van der Waals surface area contributed by atoms with E-state index >= 15 is 0 Å². The van der Waals surface area contributed by atoms with Crippen molar-refractivity contribution in [3.05, 3.63) is 29.1 Å². The zero-order valence-corrected chi connectivity index (χ0v) is 18.3. The van der Waals surface area contributed by atoms with Crippen LogP contribution in [0, 0.1) is 40.9 Å².